The monoisotopic (exact) mass is 577 g/mol. The van der Waals surface area contributed by atoms with Crippen LogP contribution in [0.1, 0.15) is 46.2 Å². The summed E-state index contributed by atoms with van der Waals surface area (Å²) in [4.78, 5) is 31.0. The summed E-state index contributed by atoms with van der Waals surface area (Å²) in [7, 11) is 0. The topological polar surface area (TPSA) is 129 Å². The van der Waals surface area contributed by atoms with Crippen LogP contribution < -0.4 is 11.1 Å². The third kappa shape index (κ3) is 4.76. The van der Waals surface area contributed by atoms with Crippen molar-refractivity contribution in [1.29, 1.82) is 0 Å². The summed E-state index contributed by atoms with van der Waals surface area (Å²) in [6.07, 6.45) is 5.93. The summed E-state index contributed by atoms with van der Waals surface area (Å²) in [6.45, 7) is -0.877. The molecule has 1 aromatic carbocycles. The van der Waals surface area contributed by atoms with Crippen LogP contribution in [0.2, 0.25) is 0 Å². The molecule has 214 valence electrons. The highest BCUT2D eigenvalue weighted by Gasteiger charge is 2.26. The number of hydrogen-bond donors (Lipinski definition) is 2. The Bertz CT molecular complexity index is 2000. The molecule has 5 heterocycles. The summed E-state index contributed by atoms with van der Waals surface area (Å²) in [5, 5.41) is 7.12. The Kier molecular flexibility index (Phi) is 6.38. The Labute approximate surface area is 244 Å². The summed E-state index contributed by atoms with van der Waals surface area (Å²) in [5.74, 6) is 0.679. The largest absolute Gasteiger partial charge is 0.383 e. The third-order valence-corrected chi connectivity index (χ3v) is 7.60. The molecule has 3 N–H and O–H groups in total. The lowest BCUT2D eigenvalue weighted by Crippen LogP contribution is -2.27. The standard InChI is InChI=1S/C31H25F2N9O/c1-17-4-5-19(16-36-17)30(43)39-23-9-6-18-15-20(7-8-21(18)23)42-28(22-3-2-13-35-27(22)34)38-26-11-10-24(37-29(26)42)25-12-14-41(40-25)31(32)33/h2-5,7-8,10-16,23,31H,6,9H2,1H3,(H2,34,35)(H,39,43)/t23-/m0/s1. The van der Waals surface area contributed by atoms with E-state index in [1.807, 2.05) is 35.8 Å². The number of hydrogen-bond acceptors (Lipinski definition) is 7. The second-order valence-corrected chi connectivity index (χ2v) is 10.3. The van der Waals surface area contributed by atoms with Crippen LogP contribution in [0.5, 0.6) is 0 Å². The van der Waals surface area contributed by atoms with Crippen LogP contribution in [0.25, 0.3) is 39.6 Å². The molecule has 5 aromatic heterocycles. The highest BCUT2D eigenvalue weighted by molar-refractivity contribution is 5.94. The molecule has 1 aliphatic rings. The molecule has 7 rings (SSSR count). The summed E-state index contributed by atoms with van der Waals surface area (Å²) in [6, 6.07) is 18.1. The second-order valence-electron chi connectivity index (χ2n) is 10.3. The van der Waals surface area contributed by atoms with E-state index in [2.05, 4.69) is 26.4 Å². The number of aryl methyl sites for hydroxylation is 2. The van der Waals surface area contributed by atoms with Gasteiger partial charge < -0.3 is 11.1 Å². The number of nitrogens with one attached hydrogen (secondary N) is 1. The molecular formula is C31H25F2N9O. The quantitative estimate of drug-likeness (QED) is 0.270. The van der Waals surface area contributed by atoms with Crippen molar-refractivity contribution in [2.24, 2.45) is 0 Å². The number of nitrogens with two attached hydrogens (primary N) is 1. The molecule has 1 atom stereocenters. The number of imidazole rings is 1. The number of pyridine rings is 3. The fourth-order valence-electron chi connectivity index (χ4n) is 5.45. The minimum atomic E-state index is -2.75. The van der Waals surface area contributed by atoms with Gasteiger partial charge in [-0.05, 0) is 85.5 Å². The lowest BCUT2D eigenvalue weighted by atomic mass is 10.1. The highest BCUT2D eigenvalue weighted by Crippen LogP contribution is 2.36. The van der Waals surface area contributed by atoms with Gasteiger partial charge in [0.1, 0.15) is 17.0 Å². The normalized spacial score (nSPS) is 14.4. The maximum absolute atomic E-state index is 13.2. The molecule has 0 spiro atoms. The van der Waals surface area contributed by atoms with E-state index in [0.29, 0.717) is 50.0 Å². The van der Waals surface area contributed by atoms with Crippen molar-refractivity contribution >= 4 is 22.9 Å². The molecule has 10 nitrogen and oxygen atoms in total. The number of rotatable bonds is 6. The van der Waals surface area contributed by atoms with E-state index in [9.17, 15) is 13.6 Å². The molecule has 0 saturated carbocycles. The van der Waals surface area contributed by atoms with Gasteiger partial charge in [-0.15, -0.1) is 0 Å². The fourth-order valence-corrected chi connectivity index (χ4v) is 5.45. The van der Waals surface area contributed by atoms with Crippen molar-refractivity contribution in [1.82, 2.24) is 39.6 Å². The van der Waals surface area contributed by atoms with Gasteiger partial charge in [0.2, 0.25) is 0 Å². The molecule has 0 bridgehead atoms. The Morgan fingerprint density at radius 3 is 2.70 bits per heavy atom. The molecule has 0 fully saturated rings. The number of halogens is 2. The molecule has 6 aromatic rings. The summed E-state index contributed by atoms with van der Waals surface area (Å²) < 4.78 is 28.9. The predicted octanol–water partition coefficient (Wildman–Crippen LogP) is 5.44. The average molecular weight is 578 g/mol. The van der Waals surface area contributed by atoms with Crippen LogP contribution >= 0.6 is 0 Å². The van der Waals surface area contributed by atoms with Crippen LogP contribution in [0.3, 0.4) is 0 Å². The zero-order valence-electron chi connectivity index (χ0n) is 22.9. The Balaban J connectivity index is 1.30. The number of benzene rings is 1. The van der Waals surface area contributed by atoms with E-state index in [1.165, 1.54) is 12.3 Å². The number of nitrogen functional groups attached to an aromatic ring is 1. The maximum Gasteiger partial charge on any atom is 0.333 e. The predicted molar refractivity (Wildman–Crippen MR) is 156 cm³/mol. The summed E-state index contributed by atoms with van der Waals surface area (Å²) >= 11 is 0. The number of carbonyl (C=O) groups excluding carboxylic acids is 1. The Morgan fingerprint density at radius 1 is 1.05 bits per heavy atom. The minimum absolute atomic E-state index is 0.138. The van der Waals surface area contributed by atoms with Crippen LogP contribution in [0.4, 0.5) is 14.6 Å². The Morgan fingerprint density at radius 2 is 1.93 bits per heavy atom. The van der Waals surface area contributed by atoms with Crippen LogP contribution in [0, 0.1) is 6.92 Å². The zero-order chi connectivity index (χ0) is 29.7. The first-order valence-corrected chi connectivity index (χ1v) is 13.7. The smallest absolute Gasteiger partial charge is 0.333 e. The molecule has 43 heavy (non-hydrogen) atoms. The van der Waals surface area contributed by atoms with Crippen LogP contribution in [-0.2, 0) is 6.42 Å². The minimum Gasteiger partial charge on any atom is -0.383 e. The first-order chi connectivity index (χ1) is 20.9. The summed E-state index contributed by atoms with van der Waals surface area (Å²) in [5.41, 5.74) is 13.0. The fraction of sp³-hybridized carbons (Fsp3) is 0.161. The van der Waals surface area contributed by atoms with Crippen molar-refractivity contribution < 1.29 is 13.6 Å². The van der Waals surface area contributed by atoms with Gasteiger partial charge in [0.15, 0.2) is 11.5 Å². The first kappa shape index (κ1) is 26.4. The van der Waals surface area contributed by atoms with Crippen molar-refractivity contribution in [3.63, 3.8) is 0 Å². The molecule has 0 radical (unpaired) electrons. The van der Waals surface area contributed by atoms with E-state index >= 15 is 0 Å². The molecular weight excluding hydrogens is 552 g/mol. The van der Waals surface area contributed by atoms with Crippen molar-refractivity contribution in [3.8, 4) is 28.5 Å². The van der Waals surface area contributed by atoms with E-state index < -0.39 is 6.55 Å². The SMILES string of the molecule is Cc1ccc(C(=O)N[C@H]2CCc3cc(-n4c(-c5cccnc5N)nc5ccc(-c6ccn(C(F)F)n6)nc54)ccc32)cn1. The molecule has 12 heteroatoms. The van der Waals surface area contributed by atoms with Gasteiger partial charge in [-0.1, -0.05) is 6.07 Å². The lowest BCUT2D eigenvalue weighted by Gasteiger charge is -2.16. The molecule has 0 unspecified atom stereocenters. The number of alkyl halides is 2. The Hall–Kier alpha value is -5.52. The van der Waals surface area contributed by atoms with Gasteiger partial charge in [0.25, 0.3) is 5.91 Å². The van der Waals surface area contributed by atoms with Crippen molar-refractivity contribution in [2.45, 2.75) is 32.4 Å². The van der Waals surface area contributed by atoms with E-state index in [4.69, 9.17) is 15.7 Å². The lowest BCUT2D eigenvalue weighted by molar-refractivity contribution is 0.0568. The van der Waals surface area contributed by atoms with Crippen molar-refractivity contribution in [3.05, 3.63) is 102 Å². The number of aromatic nitrogens is 7. The van der Waals surface area contributed by atoms with Gasteiger partial charge in [-0.2, -0.15) is 13.9 Å². The number of fused-ring (bicyclic) bond motifs is 2. The number of nitrogens with zero attached hydrogens (tertiary/aromatic N) is 7. The zero-order valence-corrected chi connectivity index (χ0v) is 22.9. The average Bonchev–Trinajstić information content (AvgIpc) is 3.75. The second kappa shape index (κ2) is 10.4. The molecule has 1 amide bonds. The van der Waals surface area contributed by atoms with E-state index in [1.54, 1.807) is 36.7 Å². The van der Waals surface area contributed by atoms with E-state index in [-0.39, 0.29) is 11.9 Å². The van der Waals surface area contributed by atoms with Gasteiger partial charge >= 0.3 is 6.55 Å². The molecule has 1 aliphatic carbocycles. The van der Waals surface area contributed by atoms with Crippen molar-refractivity contribution in [2.75, 3.05) is 5.73 Å². The molecule has 0 aliphatic heterocycles. The van der Waals surface area contributed by atoms with Gasteiger partial charge in [-0.25, -0.2) is 19.6 Å². The first-order valence-electron chi connectivity index (χ1n) is 13.7. The number of amides is 1. The number of carbonyl (C=O) groups is 1. The van der Waals surface area contributed by atoms with Gasteiger partial charge in [0, 0.05) is 30.0 Å². The maximum atomic E-state index is 13.2. The van der Waals surface area contributed by atoms with Crippen LogP contribution in [0.15, 0.2) is 79.3 Å². The highest BCUT2D eigenvalue weighted by atomic mass is 19.3. The third-order valence-electron chi connectivity index (χ3n) is 7.60. The van der Waals surface area contributed by atoms with Gasteiger partial charge in [0.05, 0.1) is 22.9 Å². The van der Waals surface area contributed by atoms with Crippen LogP contribution in [-0.4, -0.2) is 40.2 Å². The number of anilines is 1. The van der Waals surface area contributed by atoms with E-state index in [0.717, 1.165) is 35.3 Å². The molecule has 0 saturated heterocycles. The van der Waals surface area contributed by atoms with Gasteiger partial charge in [-0.3, -0.25) is 14.3 Å².